The van der Waals surface area contributed by atoms with Crippen molar-refractivity contribution in [3.63, 3.8) is 0 Å². The maximum atomic E-state index is 12.2. The first-order valence-corrected chi connectivity index (χ1v) is 9.85. The lowest BCUT2D eigenvalue weighted by Crippen LogP contribution is -2.11. The highest BCUT2D eigenvalue weighted by molar-refractivity contribution is 7.99. The molecule has 0 aliphatic heterocycles. The van der Waals surface area contributed by atoms with Crippen molar-refractivity contribution < 1.29 is 14.3 Å². The van der Waals surface area contributed by atoms with E-state index in [4.69, 9.17) is 9.47 Å². The molecule has 0 spiro atoms. The van der Waals surface area contributed by atoms with Crippen molar-refractivity contribution in [2.24, 2.45) is 0 Å². The maximum absolute atomic E-state index is 12.2. The molecule has 0 saturated heterocycles. The highest BCUT2D eigenvalue weighted by Gasteiger charge is 2.15. The van der Waals surface area contributed by atoms with E-state index < -0.39 is 0 Å². The zero-order valence-electron chi connectivity index (χ0n) is 15.6. The summed E-state index contributed by atoms with van der Waals surface area (Å²) < 4.78 is 12.7. The van der Waals surface area contributed by atoms with Gasteiger partial charge in [-0.2, -0.15) is 0 Å². The average molecular weight is 395 g/mol. The topological polar surface area (TPSA) is 66.2 Å². The van der Waals surface area contributed by atoms with E-state index >= 15 is 0 Å². The molecule has 0 aliphatic rings. The lowest BCUT2D eigenvalue weighted by Gasteiger charge is -2.08. The predicted octanol–water partition coefficient (Wildman–Crippen LogP) is 4.23. The molecule has 2 aromatic carbocycles. The first-order chi connectivity index (χ1) is 13.7. The Balaban J connectivity index is 1.64. The number of esters is 1. The van der Waals surface area contributed by atoms with Gasteiger partial charge < -0.3 is 9.47 Å². The van der Waals surface area contributed by atoms with Gasteiger partial charge in [-0.25, -0.2) is 0 Å². The van der Waals surface area contributed by atoms with Crippen LogP contribution in [-0.2, 0) is 11.3 Å². The van der Waals surface area contributed by atoms with Crippen LogP contribution in [0.5, 0.6) is 11.5 Å². The minimum atomic E-state index is -0.358. The summed E-state index contributed by atoms with van der Waals surface area (Å²) in [4.78, 5) is 12.2. The molecule has 0 saturated carbocycles. The fraction of sp³-hybridized carbons (Fsp3) is 0.190. The highest BCUT2D eigenvalue weighted by atomic mass is 32.2. The molecule has 1 aromatic heterocycles. The molecule has 3 aromatic rings. The van der Waals surface area contributed by atoms with Gasteiger partial charge in [-0.3, -0.25) is 9.36 Å². The number of benzene rings is 2. The first kappa shape index (κ1) is 19.7. The number of rotatable bonds is 9. The summed E-state index contributed by atoms with van der Waals surface area (Å²) in [6.45, 7) is 6.85. The van der Waals surface area contributed by atoms with Gasteiger partial charge in [0.15, 0.2) is 11.0 Å². The van der Waals surface area contributed by atoms with Gasteiger partial charge in [0.1, 0.15) is 11.5 Å². The van der Waals surface area contributed by atoms with Gasteiger partial charge in [-0.05, 0) is 31.2 Å². The van der Waals surface area contributed by atoms with Gasteiger partial charge in [0.2, 0.25) is 0 Å². The third kappa shape index (κ3) is 5.01. The summed E-state index contributed by atoms with van der Waals surface area (Å²) >= 11 is 1.28. The van der Waals surface area contributed by atoms with Crippen molar-refractivity contribution in [2.45, 2.75) is 18.6 Å². The summed E-state index contributed by atoms with van der Waals surface area (Å²) in [5, 5.41) is 9.14. The summed E-state index contributed by atoms with van der Waals surface area (Å²) in [6, 6.07) is 16.7. The fourth-order valence-corrected chi connectivity index (χ4v) is 3.27. The van der Waals surface area contributed by atoms with Gasteiger partial charge in [0, 0.05) is 12.1 Å². The molecule has 6 nitrogen and oxygen atoms in total. The van der Waals surface area contributed by atoms with Crippen molar-refractivity contribution in [3.8, 4) is 22.9 Å². The molecule has 0 atom stereocenters. The summed E-state index contributed by atoms with van der Waals surface area (Å²) in [5.74, 6) is 1.72. The normalized spacial score (nSPS) is 10.5. The second kappa shape index (κ2) is 9.75. The molecular formula is C21H21N3O3S. The quantitative estimate of drug-likeness (QED) is 0.234. The molecule has 7 heteroatoms. The molecule has 0 unspecified atom stereocenters. The standard InChI is InChI=1S/C21H21N3O3S/c1-3-14-24-20(16-8-6-5-7-9-16)22-23-21(24)28-15-19(25)27-18-12-10-17(11-13-18)26-4-2/h3,5-13H,1,4,14-15H2,2H3. The molecule has 0 N–H and O–H groups in total. The number of ether oxygens (including phenoxy) is 2. The van der Waals surface area contributed by atoms with Crippen LogP contribution in [0.4, 0.5) is 0 Å². The Morgan fingerprint density at radius 2 is 1.82 bits per heavy atom. The van der Waals surface area contributed by atoms with E-state index in [1.54, 1.807) is 30.3 Å². The molecule has 0 aliphatic carbocycles. The van der Waals surface area contributed by atoms with Crippen molar-refractivity contribution in [3.05, 3.63) is 67.3 Å². The predicted molar refractivity (Wildman–Crippen MR) is 110 cm³/mol. The average Bonchev–Trinajstić information content (AvgIpc) is 3.12. The third-order valence-corrected chi connectivity index (χ3v) is 4.69. The minimum Gasteiger partial charge on any atom is -0.494 e. The lowest BCUT2D eigenvalue weighted by atomic mass is 10.2. The van der Waals surface area contributed by atoms with E-state index in [1.807, 2.05) is 41.8 Å². The minimum absolute atomic E-state index is 0.122. The zero-order chi connectivity index (χ0) is 19.8. The SMILES string of the molecule is C=CCn1c(SCC(=O)Oc2ccc(OCC)cc2)nnc1-c1ccccc1. The Bertz CT molecular complexity index is 924. The second-order valence-electron chi connectivity index (χ2n) is 5.74. The molecular weight excluding hydrogens is 374 g/mol. The number of hydrogen-bond donors (Lipinski definition) is 0. The highest BCUT2D eigenvalue weighted by Crippen LogP contribution is 2.24. The van der Waals surface area contributed by atoms with Gasteiger partial charge >= 0.3 is 5.97 Å². The van der Waals surface area contributed by atoms with E-state index in [1.165, 1.54) is 11.8 Å². The zero-order valence-corrected chi connectivity index (χ0v) is 16.4. The lowest BCUT2D eigenvalue weighted by molar-refractivity contribution is -0.131. The number of aromatic nitrogens is 3. The van der Waals surface area contributed by atoms with Crippen LogP contribution in [0, 0.1) is 0 Å². The van der Waals surface area contributed by atoms with Crippen LogP contribution in [0.3, 0.4) is 0 Å². The van der Waals surface area contributed by atoms with Gasteiger partial charge in [0.25, 0.3) is 0 Å². The second-order valence-corrected chi connectivity index (χ2v) is 6.68. The molecule has 1 heterocycles. The number of carbonyl (C=O) groups is 1. The van der Waals surface area contributed by atoms with Crippen LogP contribution >= 0.6 is 11.8 Å². The van der Waals surface area contributed by atoms with Crippen molar-refractivity contribution in [1.29, 1.82) is 0 Å². The van der Waals surface area contributed by atoms with Crippen LogP contribution < -0.4 is 9.47 Å². The Kier molecular flexibility index (Phi) is 6.86. The molecule has 28 heavy (non-hydrogen) atoms. The largest absolute Gasteiger partial charge is 0.494 e. The van der Waals surface area contributed by atoms with E-state index in [0.29, 0.717) is 24.1 Å². The van der Waals surface area contributed by atoms with E-state index in [0.717, 1.165) is 17.1 Å². The van der Waals surface area contributed by atoms with Crippen molar-refractivity contribution in [2.75, 3.05) is 12.4 Å². The van der Waals surface area contributed by atoms with Crippen LogP contribution in [0.15, 0.2) is 72.4 Å². The smallest absolute Gasteiger partial charge is 0.321 e. The van der Waals surface area contributed by atoms with Gasteiger partial charge in [0.05, 0.1) is 12.4 Å². The number of carbonyl (C=O) groups excluding carboxylic acids is 1. The van der Waals surface area contributed by atoms with Gasteiger partial charge in [-0.1, -0.05) is 48.2 Å². The van der Waals surface area contributed by atoms with E-state index in [2.05, 4.69) is 16.8 Å². The number of nitrogens with zero attached hydrogens (tertiary/aromatic N) is 3. The summed E-state index contributed by atoms with van der Waals surface area (Å²) in [7, 11) is 0. The van der Waals surface area contributed by atoms with Gasteiger partial charge in [-0.15, -0.1) is 16.8 Å². The maximum Gasteiger partial charge on any atom is 0.321 e. The number of hydrogen-bond acceptors (Lipinski definition) is 6. The Labute approximate surface area is 168 Å². The first-order valence-electron chi connectivity index (χ1n) is 8.87. The van der Waals surface area contributed by atoms with Crippen molar-refractivity contribution in [1.82, 2.24) is 14.8 Å². The Morgan fingerprint density at radius 3 is 2.50 bits per heavy atom. The number of thioether (sulfide) groups is 1. The van der Waals surface area contributed by atoms with Crippen LogP contribution in [-0.4, -0.2) is 33.1 Å². The molecule has 0 radical (unpaired) electrons. The molecule has 0 amide bonds. The Morgan fingerprint density at radius 1 is 1.11 bits per heavy atom. The molecule has 3 rings (SSSR count). The van der Waals surface area contributed by atoms with Crippen LogP contribution in [0.1, 0.15) is 6.92 Å². The monoisotopic (exact) mass is 395 g/mol. The van der Waals surface area contributed by atoms with Crippen LogP contribution in [0.25, 0.3) is 11.4 Å². The third-order valence-electron chi connectivity index (χ3n) is 3.75. The Hall–Kier alpha value is -3.06. The summed E-state index contributed by atoms with van der Waals surface area (Å²) in [5.41, 5.74) is 0.959. The number of allylic oxidation sites excluding steroid dienone is 1. The molecule has 0 bridgehead atoms. The van der Waals surface area contributed by atoms with E-state index in [-0.39, 0.29) is 11.7 Å². The van der Waals surface area contributed by atoms with Crippen LogP contribution in [0.2, 0.25) is 0 Å². The fourth-order valence-electron chi connectivity index (χ4n) is 2.54. The summed E-state index contributed by atoms with van der Waals surface area (Å²) in [6.07, 6.45) is 1.78. The molecule has 0 fully saturated rings. The van der Waals surface area contributed by atoms with Crippen molar-refractivity contribution >= 4 is 17.7 Å². The van der Waals surface area contributed by atoms with E-state index in [9.17, 15) is 4.79 Å². The molecule has 144 valence electrons.